The monoisotopic (exact) mass is 254 g/mol. The Labute approximate surface area is 96.5 Å². The van der Waals surface area contributed by atoms with Crippen LogP contribution in [0.3, 0.4) is 0 Å². The summed E-state index contributed by atoms with van der Waals surface area (Å²) in [4.78, 5) is 11.3. The predicted octanol–water partition coefficient (Wildman–Crippen LogP) is -0.0978. The first-order chi connectivity index (χ1) is 7.08. The van der Waals surface area contributed by atoms with Gasteiger partial charge < -0.3 is 9.22 Å². The van der Waals surface area contributed by atoms with E-state index >= 15 is 0 Å². The van der Waals surface area contributed by atoms with E-state index in [2.05, 4.69) is 0 Å². The third-order valence-corrected chi connectivity index (χ3v) is 3.24. The van der Waals surface area contributed by atoms with Crippen molar-refractivity contribution in [1.82, 2.24) is 0 Å². The molecule has 0 saturated heterocycles. The maximum absolute atomic E-state index is 11.3. The van der Waals surface area contributed by atoms with Crippen LogP contribution < -0.4 is 0 Å². The number of ether oxygens (including phenoxy) is 1. The molecule has 0 aromatic carbocycles. The van der Waals surface area contributed by atoms with E-state index in [-0.39, 0.29) is 13.0 Å². The fraction of sp³-hybridized carbons (Fsp3) is 0.889. The average molecular weight is 254 g/mol. The van der Waals surface area contributed by atoms with E-state index in [0.717, 1.165) is 0 Å². The molecule has 0 fully saturated rings. The quantitative estimate of drug-likeness (QED) is 0.407. The first-order valence-electron chi connectivity index (χ1n) is 5.01. The highest BCUT2D eigenvalue weighted by Gasteiger charge is 2.30. The number of quaternary nitrogens is 1. The molecule has 0 rings (SSSR count). The molecule has 1 N–H and O–H groups in total. The fourth-order valence-electron chi connectivity index (χ4n) is 1.01. The lowest BCUT2D eigenvalue weighted by Gasteiger charge is -2.23. The zero-order valence-corrected chi connectivity index (χ0v) is 11.0. The molecule has 0 spiro atoms. The Balaban J connectivity index is 4.26. The van der Waals surface area contributed by atoms with Gasteiger partial charge in [0.25, 0.3) is 10.1 Å². The van der Waals surface area contributed by atoms with Crippen LogP contribution in [0.4, 0.5) is 0 Å². The van der Waals surface area contributed by atoms with Crippen LogP contribution in [0.1, 0.15) is 13.3 Å². The summed E-state index contributed by atoms with van der Waals surface area (Å²) in [6.07, 6.45) is 0.00203. The molecule has 0 amide bonds. The van der Waals surface area contributed by atoms with Gasteiger partial charge in [0.05, 0.1) is 21.1 Å². The summed E-state index contributed by atoms with van der Waals surface area (Å²) in [5, 5.41) is -1.47. The standard InChI is InChI=1S/C9H19NO5S/c1-5-8(16(12,13)14)9(11)15-7-6-10(2,3)4/h8H,5-7H2,1-4H3/p+1. The van der Waals surface area contributed by atoms with Crippen LogP contribution in [0, 0.1) is 0 Å². The van der Waals surface area contributed by atoms with Gasteiger partial charge in [0, 0.05) is 0 Å². The highest BCUT2D eigenvalue weighted by molar-refractivity contribution is 7.87. The third kappa shape index (κ3) is 6.04. The van der Waals surface area contributed by atoms with E-state index in [1.54, 1.807) is 0 Å². The first kappa shape index (κ1) is 15.3. The van der Waals surface area contributed by atoms with Gasteiger partial charge in [0.15, 0.2) is 5.25 Å². The molecule has 0 aromatic rings. The van der Waals surface area contributed by atoms with E-state index in [0.29, 0.717) is 11.0 Å². The molecule has 0 aliphatic rings. The van der Waals surface area contributed by atoms with Gasteiger partial charge in [-0.15, -0.1) is 0 Å². The van der Waals surface area contributed by atoms with E-state index < -0.39 is 21.3 Å². The van der Waals surface area contributed by atoms with E-state index in [4.69, 9.17) is 9.29 Å². The van der Waals surface area contributed by atoms with Crippen molar-refractivity contribution in [2.45, 2.75) is 18.6 Å². The Bertz CT molecular complexity index is 330. The molecule has 0 heterocycles. The van der Waals surface area contributed by atoms with Crippen LogP contribution >= 0.6 is 0 Å². The number of rotatable bonds is 6. The Kier molecular flexibility index (Phi) is 5.37. The van der Waals surface area contributed by atoms with Gasteiger partial charge >= 0.3 is 5.97 Å². The van der Waals surface area contributed by atoms with E-state index in [1.807, 2.05) is 21.1 Å². The lowest BCUT2D eigenvalue weighted by Crippen LogP contribution is -2.39. The van der Waals surface area contributed by atoms with Gasteiger partial charge in [-0.05, 0) is 6.42 Å². The largest absolute Gasteiger partial charge is 0.459 e. The summed E-state index contributed by atoms with van der Waals surface area (Å²) in [7, 11) is 1.41. The van der Waals surface area contributed by atoms with Crippen LogP contribution in [0.2, 0.25) is 0 Å². The number of hydrogen-bond acceptors (Lipinski definition) is 4. The highest BCUT2D eigenvalue weighted by atomic mass is 32.2. The van der Waals surface area contributed by atoms with Gasteiger partial charge in [0.1, 0.15) is 13.2 Å². The van der Waals surface area contributed by atoms with Crippen LogP contribution in [0.25, 0.3) is 0 Å². The molecule has 6 nitrogen and oxygen atoms in total. The second-order valence-corrected chi connectivity index (χ2v) is 6.19. The Hall–Kier alpha value is -0.660. The lowest BCUT2D eigenvalue weighted by atomic mass is 10.3. The maximum atomic E-state index is 11.3. The molecule has 1 atom stereocenters. The third-order valence-electron chi connectivity index (χ3n) is 2.00. The van der Waals surface area contributed by atoms with Gasteiger partial charge in [0.2, 0.25) is 0 Å². The summed E-state index contributed by atoms with van der Waals surface area (Å²) in [5.41, 5.74) is 0. The van der Waals surface area contributed by atoms with Crippen molar-refractivity contribution in [3.05, 3.63) is 0 Å². The minimum absolute atomic E-state index is 0.00203. The highest BCUT2D eigenvalue weighted by Crippen LogP contribution is 2.06. The Morgan fingerprint density at radius 1 is 1.38 bits per heavy atom. The van der Waals surface area contributed by atoms with Crippen molar-refractivity contribution in [2.24, 2.45) is 0 Å². The molecule has 16 heavy (non-hydrogen) atoms. The fourth-order valence-corrected chi connectivity index (χ4v) is 1.74. The number of carbonyl (C=O) groups excluding carboxylic acids is 1. The van der Waals surface area contributed by atoms with Crippen molar-refractivity contribution in [3.8, 4) is 0 Å². The summed E-state index contributed by atoms with van der Waals surface area (Å²) < 4.78 is 35.8. The normalized spacial score (nSPS) is 14.6. The molecule has 96 valence electrons. The molecule has 0 radical (unpaired) electrons. The van der Waals surface area contributed by atoms with Crippen molar-refractivity contribution in [1.29, 1.82) is 0 Å². The Morgan fingerprint density at radius 2 is 1.88 bits per heavy atom. The molecule has 0 aliphatic carbocycles. The van der Waals surface area contributed by atoms with Crippen molar-refractivity contribution >= 4 is 16.1 Å². The molecule has 0 bridgehead atoms. The number of hydrogen-bond donors (Lipinski definition) is 1. The number of esters is 1. The number of nitrogens with zero attached hydrogens (tertiary/aromatic N) is 1. The topological polar surface area (TPSA) is 80.7 Å². The van der Waals surface area contributed by atoms with E-state index in [9.17, 15) is 13.2 Å². The van der Waals surface area contributed by atoms with Crippen molar-refractivity contribution < 1.29 is 27.0 Å². The van der Waals surface area contributed by atoms with Crippen LogP contribution in [-0.4, -0.2) is 63.0 Å². The minimum atomic E-state index is -4.36. The second-order valence-electron chi connectivity index (χ2n) is 4.59. The average Bonchev–Trinajstić information content (AvgIpc) is 1.99. The zero-order chi connectivity index (χ0) is 13.0. The maximum Gasteiger partial charge on any atom is 0.327 e. The predicted molar refractivity (Wildman–Crippen MR) is 59.5 cm³/mol. The Morgan fingerprint density at radius 3 is 2.19 bits per heavy atom. The number of carbonyl (C=O) groups is 1. The van der Waals surface area contributed by atoms with Crippen molar-refractivity contribution in [3.63, 3.8) is 0 Å². The summed E-state index contributed by atoms with van der Waals surface area (Å²) >= 11 is 0. The summed E-state index contributed by atoms with van der Waals surface area (Å²) in [6.45, 7) is 2.21. The van der Waals surface area contributed by atoms with Gasteiger partial charge in [-0.25, -0.2) is 0 Å². The molecule has 0 aliphatic heterocycles. The number of likely N-dealkylation sites (N-methyl/N-ethyl adjacent to an activating group) is 1. The van der Waals surface area contributed by atoms with Gasteiger partial charge in [-0.2, -0.15) is 8.42 Å². The van der Waals surface area contributed by atoms with Gasteiger partial charge in [-0.3, -0.25) is 9.35 Å². The molecular weight excluding hydrogens is 234 g/mol. The minimum Gasteiger partial charge on any atom is -0.459 e. The molecule has 0 aromatic heterocycles. The molecule has 1 unspecified atom stereocenters. The molecular formula is C9H20NO5S+. The second kappa shape index (κ2) is 5.60. The lowest BCUT2D eigenvalue weighted by molar-refractivity contribution is -0.870. The zero-order valence-electron chi connectivity index (χ0n) is 10.1. The summed E-state index contributed by atoms with van der Waals surface area (Å²) in [5.74, 6) is -0.890. The van der Waals surface area contributed by atoms with Crippen molar-refractivity contribution in [2.75, 3.05) is 34.3 Å². The summed E-state index contributed by atoms with van der Waals surface area (Å²) in [6, 6.07) is 0. The van der Waals surface area contributed by atoms with Gasteiger partial charge in [-0.1, -0.05) is 6.92 Å². The molecule has 7 heteroatoms. The molecule has 0 saturated carbocycles. The first-order valence-corrected chi connectivity index (χ1v) is 6.51. The SMILES string of the molecule is CCC(C(=O)OCC[N+](C)(C)C)S(=O)(=O)O. The smallest absolute Gasteiger partial charge is 0.327 e. The van der Waals surface area contributed by atoms with Crippen LogP contribution in [0.15, 0.2) is 0 Å². The van der Waals surface area contributed by atoms with Crippen LogP contribution in [0.5, 0.6) is 0 Å². The van der Waals surface area contributed by atoms with Crippen LogP contribution in [-0.2, 0) is 19.6 Å². The van der Waals surface area contributed by atoms with E-state index in [1.165, 1.54) is 6.92 Å².